The first-order valence-electron chi connectivity index (χ1n) is 5.47. The molecular weight excluding hydrogens is 250 g/mol. The van der Waals surface area contributed by atoms with Crippen molar-refractivity contribution in [3.8, 4) is 5.75 Å². The van der Waals surface area contributed by atoms with Crippen LogP contribution in [0, 0.1) is 0 Å². The number of carbonyl (C=O) groups excluding carboxylic acids is 1. The predicted molar refractivity (Wildman–Crippen MR) is 68.0 cm³/mol. The molecule has 0 radical (unpaired) electrons. The van der Waals surface area contributed by atoms with Crippen molar-refractivity contribution in [1.82, 2.24) is 5.32 Å². The summed E-state index contributed by atoms with van der Waals surface area (Å²) in [6, 6.07) is 7.04. The van der Waals surface area contributed by atoms with Crippen LogP contribution in [0.4, 0.5) is 4.79 Å². The molecule has 0 saturated carbocycles. The molecule has 1 amide bonds. The number of rotatable bonds is 6. The normalized spacial score (nSPS) is 9.53. The maximum Gasteiger partial charge on any atom is 0.407 e. The summed E-state index contributed by atoms with van der Waals surface area (Å²) in [5.74, 6) is -0.443. The van der Waals surface area contributed by atoms with Gasteiger partial charge in [0.1, 0.15) is 12.4 Å². The molecule has 0 bridgehead atoms. The third-order valence-corrected chi connectivity index (χ3v) is 2.28. The summed E-state index contributed by atoms with van der Waals surface area (Å²) in [6.07, 6.45) is -0.696. The molecule has 0 spiro atoms. The molecule has 1 aromatic rings. The molecule has 19 heavy (non-hydrogen) atoms. The fourth-order valence-electron chi connectivity index (χ4n) is 1.18. The fraction of sp³-hybridized carbons (Fsp3) is 0.231. The lowest BCUT2D eigenvalue weighted by atomic mass is 10.2. The molecule has 0 aliphatic carbocycles. The Morgan fingerprint density at radius 3 is 2.47 bits per heavy atom. The molecule has 2 N–H and O–H groups in total. The number of carbonyl (C=O) groups is 2. The highest BCUT2D eigenvalue weighted by Crippen LogP contribution is 2.11. The Balaban J connectivity index is 2.33. The van der Waals surface area contributed by atoms with E-state index in [9.17, 15) is 9.59 Å². The van der Waals surface area contributed by atoms with Crippen LogP contribution in [0.25, 0.3) is 0 Å². The number of hydrogen-bond donors (Lipinski definition) is 2. The smallest absolute Gasteiger partial charge is 0.407 e. The SMILES string of the molecule is C=C(CNC(=O)OCc1ccc(OC)cc1)C(=O)O. The van der Waals surface area contributed by atoms with Gasteiger partial charge >= 0.3 is 12.1 Å². The number of nitrogens with one attached hydrogen (secondary N) is 1. The number of benzene rings is 1. The molecule has 0 aliphatic rings. The minimum Gasteiger partial charge on any atom is -0.497 e. The number of ether oxygens (including phenoxy) is 2. The van der Waals surface area contributed by atoms with Crippen molar-refractivity contribution in [2.75, 3.05) is 13.7 Å². The van der Waals surface area contributed by atoms with E-state index in [2.05, 4.69) is 11.9 Å². The van der Waals surface area contributed by atoms with Crippen molar-refractivity contribution in [1.29, 1.82) is 0 Å². The maximum absolute atomic E-state index is 11.3. The van der Waals surface area contributed by atoms with E-state index in [1.165, 1.54) is 0 Å². The Morgan fingerprint density at radius 2 is 1.95 bits per heavy atom. The van der Waals surface area contributed by atoms with Gasteiger partial charge in [0.2, 0.25) is 0 Å². The summed E-state index contributed by atoms with van der Waals surface area (Å²) < 4.78 is 9.90. The molecular formula is C13H15NO5. The molecule has 0 atom stereocenters. The van der Waals surface area contributed by atoms with Gasteiger partial charge in [-0.05, 0) is 17.7 Å². The highest BCUT2D eigenvalue weighted by atomic mass is 16.5. The highest BCUT2D eigenvalue weighted by Gasteiger charge is 2.07. The van der Waals surface area contributed by atoms with E-state index >= 15 is 0 Å². The van der Waals surface area contributed by atoms with Crippen LogP contribution in [-0.4, -0.2) is 30.8 Å². The minimum atomic E-state index is -1.16. The van der Waals surface area contributed by atoms with Crippen molar-refractivity contribution in [2.24, 2.45) is 0 Å². The molecule has 102 valence electrons. The molecule has 0 aromatic heterocycles. The molecule has 0 heterocycles. The Labute approximate surface area is 110 Å². The van der Waals surface area contributed by atoms with Gasteiger partial charge in [-0.1, -0.05) is 18.7 Å². The Bertz CT molecular complexity index is 466. The van der Waals surface area contributed by atoms with Gasteiger partial charge in [-0.2, -0.15) is 0 Å². The molecule has 0 unspecified atom stereocenters. The van der Waals surface area contributed by atoms with Crippen LogP contribution < -0.4 is 10.1 Å². The summed E-state index contributed by atoms with van der Waals surface area (Å²) in [5.41, 5.74) is 0.689. The van der Waals surface area contributed by atoms with E-state index in [0.717, 1.165) is 5.56 Å². The average molecular weight is 265 g/mol. The van der Waals surface area contributed by atoms with Gasteiger partial charge in [-0.15, -0.1) is 0 Å². The standard InChI is InChI=1S/C13H15NO5/c1-9(12(15)16)7-14-13(17)19-8-10-3-5-11(18-2)6-4-10/h3-6H,1,7-8H2,2H3,(H,14,17)(H,15,16). The molecule has 1 rings (SSSR count). The second-order valence-electron chi connectivity index (χ2n) is 3.69. The molecule has 0 aliphatic heterocycles. The number of methoxy groups -OCH3 is 1. The van der Waals surface area contributed by atoms with E-state index < -0.39 is 12.1 Å². The largest absolute Gasteiger partial charge is 0.497 e. The van der Waals surface area contributed by atoms with Crippen LogP contribution in [0.1, 0.15) is 5.56 Å². The first-order chi connectivity index (χ1) is 9.02. The Morgan fingerprint density at radius 1 is 1.32 bits per heavy atom. The van der Waals surface area contributed by atoms with Gasteiger partial charge in [-0.3, -0.25) is 0 Å². The first kappa shape index (κ1) is 14.6. The zero-order valence-corrected chi connectivity index (χ0v) is 10.5. The number of carboxylic acids is 1. The fourth-order valence-corrected chi connectivity index (χ4v) is 1.18. The van der Waals surface area contributed by atoms with E-state index in [4.69, 9.17) is 14.6 Å². The molecule has 6 heteroatoms. The maximum atomic E-state index is 11.3. The lowest BCUT2D eigenvalue weighted by Gasteiger charge is -2.07. The van der Waals surface area contributed by atoms with Crippen molar-refractivity contribution in [3.63, 3.8) is 0 Å². The minimum absolute atomic E-state index is 0.0926. The zero-order valence-electron chi connectivity index (χ0n) is 10.5. The number of amides is 1. The number of aliphatic carboxylic acids is 1. The summed E-state index contributed by atoms with van der Waals surface area (Å²) in [6.45, 7) is 3.22. The van der Waals surface area contributed by atoms with Crippen LogP contribution >= 0.6 is 0 Å². The van der Waals surface area contributed by atoms with Crippen molar-refractivity contribution in [3.05, 3.63) is 42.0 Å². The summed E-state index contributed by atoms with van der Waals surface area (Å²) >= 11 is 0. The molecule has 0 saturated heterocycles. The third kappa shape index (κ3) is 5.12. The predicted octanol–water partition coefficient (Wildman–Crippen LogP) is 1.56. The van der Waals surface area contributed by atoms with Crippen molar-refractivity contribution >= 4 is 12.1 Å². The van der Waals surface area contributed by atoms with E-state index in [1.807, 2.05) is 0 Å². The highest BCUT2D eigenvalue weighted by molar-refractivity contribution is 5.87. The molecule has 0 fully saturated rings. The lowest BCUT2D eigenvalue weighted by Crippen LogP contribution is -2.27. The lowest BCUT2D eigenvalue weighted by molar-refractivity contribution is -0.132. The van der Waals surface area contributed by atoms with Gasteiger partial charge in [0.05, 0.1) is 13.7 Å². The monoisotopic (exact) mass is 265 g/mol. The van der Waals surface area contributed by atoms with Crippen molar-refractivity contribution < 1.29 is 24.2 Å². The summed E-state index contributed by atoms with van der Waals surface area (Å²) in [7, 11) is 1.56. The van der Waals surface area contributed by atoms with Gasteiger partial charge in [0.25, 0.3) is 0 Å². The summed E-state index contributed by atoms with van der Waals surface area (Å²) in [4.78, 5) is 21.7. The third-order valence-electron chi connectivity index (χ3n) is 2.28. The second-order valence-corrected chi connectivity index (χ2v) is 3.69. The van der Waals surface area contributed by atoms with Crippen LogP contribution in [0.5, 0.6) is 5.75 Å². The first-order valence-corrected chi connectivity index (χ1v) is 5.47. The van der Waals surface area contributed by atoms with Crippen molar-refractivity contribution in [2.45, 2.75) is 6.61 Å². The quantitative estimate of drug-likeness (QED) is 0.762. The van der Waals surface area contributed by atoms with Gasteiger partial charge < -0.3 is 19.9 Å². The van der Waals surface area contributed by atoms with Crippen LogP contribution in [0.3, 0.4) is 0 Å². The number of hydrogen-bond acceptors (Lipinski definition) is 4. The van der Waals surface area contributed by atoms with E-state index in [0.29, 0.717) is 5.75 Å². The summed E-state index contributed by atoms with van der Waals surface area (Å²) in [5, 5.41) is 10.8. The Kier molecular flexibility index (Phi) is 5.40. The molecule has 1 aromatic carbocycles. The van der Waals surface area contributed by atoms with Crippen LogP contribution in [0.15, 0.2) is 36.4 Å². The second kappa shape index (κ2) is 7.05. The zero-order chi connectivity index (χ0) is 14.3. The van der Waals surface area contributed by atoms with Gasteiger partial charge in [0, 0.05) is 5.57 Å². The molecule has 6 nitrogen and oxygen atoms in total. The van der Waals surface area contributed by atoms with Crippen LogP contribution in [0.2, 0.25) is 0 Å². The van der Waals surface area contributed by atoms with Gasteiger partial charge in [-0.25, -0.2) is 9.59 Å². The number of carboxylic acid groups (broad SMARTS) is 1. The topological polar surface area (TPSA) is 84.9 Å². The Hall–Kier alpha value is -2.50. The van der Waals surface area contributed by atoms with E-state index in [-0.39, 0.29) is 18.7 Å². The number of alkyl carbamates (subject to hydrolysis) is 1. The van der Waals surface area contributed by atoms with E-state index in [1.54, 1.807) is 31.4 Å². The van der Waals surface area contributed by atoms with Gasteiger partial charge in [0.15, 0.2) is 0 Å². The van der Waals surface area contributed by atoms with Crippen LogP contribution in [-0.2, 0) is 16.1 Å². The average Bonchev–Trinajstić information content (AvgIpc) is 2.42.